The van der Waals surface area contributed by atoms with E-state index in [9.17, 15) is 17.8 Å². The van der Waals surface area contributed by atoms with Crippen molar-refractivity contribution >= 4 is 21.5 Å². The van der Waals surface area contributed by atoms with Gasteiger partial charge < -0.3 is 4.55 Å². The van der Waals surface area contributed by atoms with Crippen molar-refractivity contribution in [3.63, 3.8) is 0 Å². The van der Waals surface area contributed by atoms with Crippen molar-refractivity contribution in [2.75, 3.05) is 0 Å². The van der Waals surface area contributed by atoms with Crippen molar-refractivity contribution in [2.45, 2.75) is 11.8 Å². The molecule has 3 aromatic rings. The Morgan fingerprint density at radius 2 is 1.62 bits per heavy atom. The maximum absolute atomic E-state index is 12.5. The summed E-state index contributed by atoms with van der Waals surface area (Å²) in [6, 6.07) is 14.0. The normalized spacial score (nSPS) is 11.5. The fourth-order valence-corrected chi connectivity index (χ4v) is 2.67. The van der Waals surface area contributed by atoms with Crippen LogP contribution in [0.15, 0.2) is 74.5 Å². The van der Waals surface area contributed by atoms with Crippen LogP contribution in [-0.2, 0) is 10.1 Å². The molecule has 128 valence electrons. The van der Waals surface area contributed by atoms with Crippen molar-refractivity contribution < 1.29 is 42.5 Å². The summed E-state index contributed by atoms with van der Waals surface area (Å²) >= 11 is 0. The van der Waals surface area contributed by atoms with E-state index in [2.05, 4.69) is 15.3 Å². The number of benzene rings is 2. The summed E-state index contributed by atoms with van der Waals surface area (Å²) in [5.41, 5.74) is 1.31. The van der Waals surface area contributed by atoms with E-state index >= 15 is 0 Å². The molecule has 0 radical (unpaired) electrons. The largest absolute Gasteiger partial charge is 1.00 e. The number of rotatable bonds is 4. The molecule has 26 heavy (non-hydrogen) atoms. The quantitative estimate of drug-likeness (QED) is 0.383. The summed E-state index contributed by atoms with van der Waals surface area (Å²) in [4.78, 5) is 12.1. The first-order chi connectivity index (χ1) is 11.9. The maximum atomic E-state index is 12.5. The average Bonchev–Trinajstić information content (AvgIpc) is 2.88. The Bertz CT molecular complexity index is 1090. The first-order valence-corrected chi connectivity index (χ1v) is 8.62. The standard InChI is InChI=1S/C16H14N4O4S.Na/c1-11-15(16(21)20(19-11)13-5-3-2-4-6-13)18-17-12-7-9-14(10-8-12)25(22,23)24;/h2-10,19H,1H3,(H,22,23,24);/q;+1/p-1. The van der Waals surface area contributed by atoms with Gasteiger partial charge in [-0.25, -0.2) is 13.1 Å². The van der Waals surface area contributed by atoms with Crippen LogP contribution >= 0.6 is 0 Å². The van der Waals surface area contributed by atoms with Crippen molar-refractivity contribution in [1.82, 2.24) is 9.78 Å². The van der Waals surface area contributed by atoms with E-state index in [4.69, 9.17) is 0 Å². The molecule has 0 fully saturated rings. The first kappa shape index (κ1) is 20.3. The molecule has 8 nitrogen and oxygen atoms in total. The molecule has 3 rings (SSSR count). The molecule has 2 aromatic carbocycles. The molecule has 0 unspecified atom stereocenters. The molecule has 0 saturated heterocycles. The van der Waals surface area contributed by atoms with Gasteiger partial charge in [0.2, 0.25) is 0 Å². The number of para-hydroxylation sites is 1. The smallest absolute Gasteiger partial charge is 0.744 e. The summed E-state index contributed by atoms with van der Waals surface area (Å²) in [5.74, 6) is 0. The summed E-state index contributed by atoms with van der Waals surface area (Å²) in [6.45, 7) is 1.70. The zero-order valence-corrected chi connectivity index (χ0v) is 16.9. The van der Waals surface area contributed by atoms with Gasteiger partial charge in [-0.1, -0.05) is 18.2 Å². The van der Waals surface area contributed by atoms with Gasteiger partial charge in [0.25, 0.3) is 5.56 Å². The van der Waals surface area contributed by atoms with Crippen LogP contribution in [0.25, 0.3) is 5.69 Å². The van der Waals surface area contributed by atoms with E-state index in [1.807, 2.05) is 18.2 Å². The third-order valence-corrected chi connectivity index (χ3v) is 4.30. The summed E-state index contributed by atoms with van der Waals surface area (Å²) in [5, 5.41) is 10.8. The van der Waals surface area contributed by atoms with Gasteiger partial charge in [0, 0.05) is 0 Å². The number of aryl methyl sites for hydroxylation is 1. The molecule has 0 atom stereocenters. The summed E-state index contributed by atoms with van der Waals surface area (Å²) in [6.07, 6.45) is 0. The van der Waals surface area contributed by atoms with Gasteiger partial charge in [-0.3, -0.25) is 9.89 Å². The Labute approximate surface area is 171 Å². The summed E-state index contributed by atoms with van der Waals surface area (Å²) in [7, 11) is -4.51. The predicted molar refractivity (Wildman–Crippen MR) is 89.7 cm³/mol. The molecule has 1 aromatic heterocycles. The number of nitrogens with one attached hydrogen (secondary N) is 1. The van der Waals surface area contributed by atoms with Crippen LogP contribution in [0.3, 0.4) is 0 Å². The molecular weight excluding hydrogens is 367 g/mol. The molecular formula is C16H13N4NaO4S. The van der Waals surface area contributed by atoms with Gasteiger partial charge in [-0.05, 0) is 43.3 Å². The van der Waals surface area contributed by atoms with E-state index in [1.54, 1.807) is 19.1 Å². The third kappa shape index (κ3) is 4.37. The molecule has 10 heteroatoms. The Morgan fingerprint density at radius 1 is 1.00 bits per heavy atom. The van der Waals surface area contributed by atoms with Gasteiger partial charge in [0.05, 0.1) is 22.0 Å². The van der Waals surface area contributed by atoms with Crippen LogP contribution in [-0.4, -0.2) is 22.8 Å². The number of aromatic nitrogens is 2. The minimum atomic E-state index is -4.51. The van der Waals surface area contributed by atoms with Crippen molar-refractivity contribution in [3.05, 3.63) is 70.6 Å². The second-order valence-corrected chi connectivity index (χ2v) is 6.59. The zero-order valence-electron chi connectivity index (χ0n) is 14.1. The molecule has 1 N–H and O–H groups in total. The minimum absolute atomic E-state index is 0. The van der Waals surface area contributed by atoms with Crippen molar-refractivity contribution in [2.24, 2.45) is 10.2 Å². The monoisotopic (exact) mass is 380 g/mol. The molecule has 0 aliphatic heterocycles. The topological polar surface area (TPSA) is 120 Å². The fraction of sp³-hybridized carbons (Fsp3) is 0.0625. The van der Waals surface area contributed by atoms with Gasteiger partial charge in [-0.2, -0.15) is 5.11 Å². The van der Waals surface area contributed by atoms with Gasteiger partial charge in [0.1, 0.15) is 10.1 Å². The Morgan fingerprint density at radius 3 is 2.19 bits per heavy atom. The zero-order chi connectivity index (χ0) is 18.0. The number of hydrogen-bond donors (Lipinski definition) is 1. The fourth-order valence-electron chi connectivity index (χ4n) is 2.20. The van der Waals surface area contributed by atoms with Crippen LogP contribution in [0, 0.1) is 6.92 Å². The Balaban J connectivity index is 0.00000243. The Hall–Kier alpha value is -2.04. The minimum Gasteiger partial charge on any atom is -0.744 e. The van der Waals surface area contributed by atoms with Gasteiger partial charge >= 0.3 is 29.6 Å². The molecule has 0 spiro atoms. The van der Waals surface area contributed by atoms with E-state index < -0.39 is 10.1 Å². The third-order valence-electron chi connectivity index (χ3n) is 3.45. The molecule has 0 saturated carbocycles. The second-order valence-electron chi connectivity index (χ2n) is 5.21. The van der Waals surface area contributed by atoms with Crippen molar-refractivity contribution in [3.8, 4) is 5.69 Å². The van der Waals surface area contributed by atoms with Crippen LogP contribution in [0.1, 0.15) is 5.69 Å². The number of hydrogen-bond acceptors (Lipinski definition) is 6. The number of H-pyrrole nitrogens is 1. The summed E-state index contributed by atoms with van der Waals surface area (Å²) < 4.78 is 34.0. The van der Waals surface area contributed by atoms with E-state index in [0.29, 0.717) is 17.1 Å². The molecule has 0 aliphatic rings. The average molecular weight is 380 g/mol. The number of azo groups is 1. The van der Waals surface area contributed by atoms with Gasteiger partial charge in [-0.15, -0.1) is 5.11 Å². The second kappa shape index (κ2) is 8.11. The SMILES string of the molecule is Cc1[nH]n(-c2ccccc2)c(=O)c1N=Nc1ccc(S(=O)(=O)[O-])cc1.[Na+]. The molecule has 1 heterocycles. The van der Waals surface area contributed by atoms with E-state index in [-0.39, 0.29) is 45.7 Å². The van der Waals surface area contributed by atoms with Crippen LogP contribution < -0.4 is 35.1 Å². The van der Waals surface area contributed by atoms with E-state index in [1.165, 1.54) is 16.8 Å². The first-order valence-electron chi connectivity index (χ1n) is 7.21. The number of nitrogens with zero attached hydrogens (tertiary/aromatic N) is 3. The van der Waals surface area contributed by atoms with Crippen molar-refractivity contribution in [1.29, 1.82) is 0 Å². The Kier molecular flexibility index (Phi) is 6.32. The number of aromatic amines is 1. The molecule has 0 aliphatic carbocycles. The van der Waals surface area contributed by atoms with Crippen LogP contribution in [0.4, 0.5) is 11.4 Å². The molecule has 0 bridgehead atoms. The van der Waals surface area contributed by atoms with Crippen LogP contribution in [0.2, 0.25) is 0 Å². The van der Waals surface area contributed by atoms with E-state index in [0.717, 1.165) is 12.1 Å². The van der Waals surface area contributed by atoms with Crippen LogP contribution in [0.5, 0.6) is 0 Å². The maximum Gasteiger partial charge on any atom is 1.00 e. The molecule has 0 amide bonds. The van der Waals surface area contributed by atoms with Gasteiger partial charge in [0.15, 0.2) is 5.69 Å². The predicted octanol–water partition coefficient (Wildman–Crippen LogP) is -0.202.